The van der Waals surface area contributed by atoms with Crippen molar-refractivity contribution in [3.8, 4) is 0 Å². The number of carboxylic acid groups (broad SMARTS) is 1. The number of benzene rings is 1. The average Bonchev–Trinajstić information content (AvgIpc) is 2.28. The lowest BCUT2D eigenvalue weighted by molar-refractivity contribution is -0.135. The van der Waals surface area contributed by atoms with Crippen LogP contribution in [0.3, 0.4) is 0 Å². The second-order valence-corrected chi connectivity index (χ2v) is 4.59. The normalized spacial score (nSPS) is 11.6. The summed E-state index contributed by atoms with van der Waals surface area (Å²) in [5.41, 5.74) is 1.40. The molecule has 1 aromatic carbocycles. The van der Waals surface area contributed by atoms with Gasteiger partial charge in [-0.05, 0) is 24.1 Å². The molecule has 0 atom stereocenters. The van der Waals surface area contributed by atoms with Crippen molar-refractivity contribution in [1.29, 1.82) is 0 Å². The van der Waals surface area contributed by atoms with Crippen LogP contribution in [-0.4, -0.2) is 11.1 Å². The number of aliphatic carboxylic acids is 1. The molecule has 17 heavy (non-hydrogen) atoms. The zero-order valence-corrected chi connectivity index (χ0v) is 11.4. The van der Waals surface area contributed by atoms with Crippen LogP contribution in [0.15, 0.2) is 18.2 Å². The van der Waals surface area contributed by atoms with Gasteiger partial charge in [0.25, 0.3) is 0 Å². The predicted molar refractivity (Wildman–Crippen MR) is 72.0 cm³/mol. The van der Waals surface area contributed by atoms with E-state index >= 15 is 0 Å². The fourth-order valence-corrected chi connectivity index (χ4v) is 2.23. The van der Waals surface area contributed by atoms with Gasteiger partial charge in [0, 0.05) is 10.6 Å². The molecule has 1 aromatic rings. The van der Waals surface area contributed by atoms with E-state index < -0.39 is 5.97 Å². The monoisotopic (exact) mass is 292 g/mol. The van der Waals surface area contributed by atoms with E-state index in [0.29, 0.717) is 27.1 Å². The SMILES string of the molecule is CC/C(=C\CC(=O)O)c1c(Cl)ccc(Cl)c1Cl. The first-order valence-corrected chi connectivity index (χ1v) is 6.15. The van der Waals surface area contributed by atoms with E-state index in [1.165, 1.54) is 0 Å². The second-order valence-electron chi connectivity index (χ2n) is 3.40. The molecule has 0 heterocycles. The summed E-state index contributed by atoms with van der Waals surface area (Å²) in [7, 11) is 0. The lowest BCUT2D eigenvalue weighted by Gasteiger charge is -2.11. The first-order chi connectivity index (χ1) is 7.97. The molecule has 0 saturated heterocycles. The minimum atomic E-state index is -0.898. The van der Waals surface area contributed by atoms with Gasteiger partial charge in [0.05, 0.1) is 16.5 Å². The third kappa shape index (κ3) is 3.63. The van der Waals surface area contributed by atoms with Crippen LogP contribution in [0.25, 0.3) is 5.57 Å². The van der Waals surface area contributed by atoms with Gasteiger partial charge in [0.15, 0.2) is 0 Å². The molecular weight excluding hydrogens is 282 g/mol. The van der Waals surface area contributed by atoms with Crippen molar-refractivity contribution in [3.05, 3.63) is 38.8 Å². The van der Waals surface area contributed by atoms with Crippen LogP contribution in [0.4, 0.5) is 0 Å². The van der Waals surface area contributed by atoms with E-state index in [2.05, 4.69) is 0 Å². The lowest BCUT2D eigenvalue weighted by atomic mass is 10.0. The second kappa shape index (κ2) is 6.29. The molecule has 0 aliphatic carbocycles. The number of hydrogen-bond donors (Lipinski definition) is 1. The number of allylic oxidation sites excluding steroid dienone is 1. The molecule has 0 aliphatic rings. The Balaban J connectivity index is 3.25. The Labute approximate surface area is 115 Å². The fraction of sp³-hybridized carbons (Fsp3) is 0.250. The summed E-state index contributed by atoms with van der Waals surface area (Å²) in [4.78, 5) is 10.6. The molecule has 0 amide bonds. The first kappa shape index (κ1) is 14.4. The van der Waals surface area contributed by atoms with Crippen molar-refractivity contribution in [2.45, 2.75) is 19.8 Å². The van der Waals surface area contributed by atoms with Crippen LogP contribution in [0.5, 0.6) is 0 Å². The summed E-state index contributed by atoms with van der Waals surface area (Å²) in [6.07, 6.45) is 2.17. The highest BCUT2D eigenvalue weighted by atomic mass is 35.5. The van der Waals surface area contributed by atoms with Gasteiger partial charge in [-0.25, -0.2) is 0 Å². The number of carboxylic acids is 1. The van der Waals surface area contributed by atoms with Crippen molar-refractivity contribution in [1.82, 2.24) is 0 Å². The van der Waals surface area contributed by atoms with E-state index in [1.54, 1.807) is 18.2 Å². The standard InChI is InChI=1S/C12H11Cl3O2/c1-2-7(3-6-10(16)17)11-8(13)4-5-9(14)12(11)15/h3-5H,2,6H2,1H3,(H,16,17)/b7-3+. The molecule has 0 bridgehead atoms. The van der Waals surface area contributed by atoms with Crippen LogP contribution in [0, 0.1) is 0 Å². The minimum Gasteiger partial charge on any atom is -0.481 e. The Hall–Kier alpha value is -0.700. The Morgan fingerprint density at radius 3 is 2.41 bits per heavy atom. The van der Waals surface area contributed by atoms with Crippen molar-refractivity contribution < 1.29 is 9.90 Å². The molecule has 0 spiro atoms. The van der Waals surface area contributed by atoms with Gasteiger partial charge in [-0.1, -0.05) is 47.8 Å². The third-order valence-corrected chi connectivity index (χ3v) is 3.39. The molecule has 0 saturated carbocycles. The number of hydrogen-bond acceptors (Lipinski definition) is 1. The van der Waals surface area contributed by atoms with Gasteiger partial charge in [0.2, 0.25) is 0 Å². The molecule has 92 valence electrons. The lowest BCUT2D eigenvalue weighted by Crippen LogP contribution is -1.94. The predicted octanol–water partition coefficient (Wildman–Crippen LogP) is 4.91. The summed E-state index contributed by atoms with van der Waals surface area (Å²) < 4.78 is 0. The molecular formula is C12H11Cl3O2. The largest absolute Gasteiger partial charge is 0.481 e. The highest BCUT2D eigenvalue weighted by Crippen LogP contribution is 2.37. The van der Waals surface area contributed by atoms with Crippen LogP contribution in [0.2, 0.25) is 15.1 Å². The summed E-state index contributed by atoms with van der Waals surface area (Å²) in [5, 5.41) is 9.89. The fourth-order valence-electron chi connectivity index (χ4n) is 1.46. The average molecular weight is 294 g/mol. The molecule has 1 N–H and O–H groups in total. The quantitative estimate of drug-likeness (QED) is 0.800. The van der Waals surface area contributed by atoms with Crippen molar-refractivity contribution in [2.75, 3.05) is 0 Å². The maximum Gasteiger partial charge on any atom is 0.307 e. The van der Waals surface area contributed by atoms with E-state index in [-0.39, 0.29) is 6.42 Å². The molecule has 0 unspecified atom stereocenters. The van der Waals surface area contributed by atoms with Crippen LogP contribution < -0.4 is 0 Å². The topological polar surface area (TPSA) is 37.3 Å². The van der Waals surface area contributed by atoms with E-state index in [0.717, 1.165) is 5.57 Å². The van der Waals surface area contributed by atoms with Gasteiger partial charge in [0.1, 0.15) is 0 Å². The van der Waals surface area contributed by atoms with Gasteiger partial charge in [-0.15, -0.1) is 0 Å². The van der Waals surface area contributed by atoms with Crippen molar-refractivity contribution >= 4 is 46.3 Å². The number of carbonyl (C=O) groups is 1. The van der Waals surface area contributed by atoms with Crippen LogP contribution >= 0.6 is 34.8 Å². The zero-order valence-electron chi connectivity index (χ0n) is 9.14. The van der Waals surface area contributed by atoms with Crippen molar-refractivity contribution in [2.24, 2.45) is 0 Å². The maximum atomic E-state index is 10.6. The molecule has 0 radical (unpaired) electrons. The van der Waals surface area contributed by atoms with E-state index in [4.69, 9.17) is 39.9 Å². The summed E-state index contributed by atoms with van der Waals surface area (Å²) in [5.74, 6) is -0.898. The third-order valence-electron chi connectivity index (χ3n) is 2.27. The first-order valence-electron chi connectivity index (χ1n) is 5.02. The maximum absolute atomic E-state index is 10.6. The van der Waals surface area contributed by atoms with Gasteiger partial charge in [-0.2, -0.15) is 0 Å². The minimum absolute atomic E-state index is 0.0671. The van der Waals surface area contributed by atoms with Gasteiger partial charge >= 0.3 is 5.97 Å². The van der Waals surface area contributed by atoms with Gasteiger partial charge in [-0.3, -0.25) is 4.79 Å². The smallest absolute Gasteiger partial charge is 0.307 e. The zero-order chi connectivity index (χ0) is 13.0. The Morgan fingerprint density at radius 1 is 1.29 bits per heavy atom. The molecule has 2 nitrogen and oxygen atoms in total. The van der Waals surface area contributed by atoms with Crippen LogP contribution in [0.1, 0.15) is 25.3 Å². The number of rotatable bonds is 4. The van der Waals surface area contributed by atoms with Gasteiger partial charge < -0.3 is 5.11 Å². The Morgan fingerprint density at radius 2 is 1.88 bits per heavy atom. The van der Waals surface area contributed by atoms with Crippen LogP contribution in [-0.2, 0) is 4.79 Å². The highest BCUT2D eigenvalue weighted by Gasteiger charge is 2.13. The highest BCUT2D eigenvalue weighted by molar-refractivity contribution is 6.45. The summed E-state index contributed by atoms with van der Waals surface area (Å²) in [6, 6.07) is 3.26. The molecule has 0 aliphatic heterocycles. The Bertz CT molecular complexity index is 467. The van der Waals surface area contributed by atoms with E-state index in [1.807, 2.05) is 6.92 Å². The summed E-state index contributed by atoms with van der Waals surface area (Å²) >= 11 is 18.1. The summed E-state index contributed by atoms with van der Waals surface area (Å²) in [6.45, 7) is 1.90. The number of halogens is 3. The molecule has 1 rings (SSSR count). The molecule has 0 fully saturated rings. The van der Waals surface area contributed by atoms with Crippen molar-refractivity contribution in [3.63, 3.8) is 0 Å². The molecule has 5 heteroatoms. The Kier molecular flexibility index (Phi) is 5.31. The molecule has 0 aromatic heterocycles. The van der Waals surface area contributed by atoms with E-state index in [9.17, 15) is 4.79 Å².